The Hall–Kier alpha value is -1.06. The van der Waals surface area contributed by atoms with E-state index >= 15 is 0 Å². The lowest BCUT2D eigenvalue weighted by molar-refractivity contribution is -0.153. The SMILES string of the molecule is CC1CCCCC1NC(=O)CC1(C(=O)O)CCCCCC1. The quantitative estimate of drug-likeness (QED) is 0.780. The monoisotopic (exact) mass is 295 g/mol. The first kappa shape index (κ1) is 16.3. The summed E-state index contributed by atoms with van der Waals surface area (Å²) in [4.78, 5) is 24.1. The third kappa shape index (κ3) is 4.21. The van der Waals surface area contributed by atoms with Crippen LogP contribution in [-0.2, 0) is 9.59 Å². The first-order valence-corrected chi connectivity index (χ1v) is 8.56. The predicted octanol–water partition coefficient (Wildman–Crippen LogP) is 3.50. The van der Waals surface area contributed by atoms with Crippen LogP contribution in [-0.4, -0.2) is 23.0 Å². The lowest BCUT2D eigenvalue weighted by atomic mass is 9.77. The van der Waals surface area contributed by atoms with Crippen molar-refractivity contribution in [3.63, 3.8) is 0 Å². The first-order chi connectivity index (χ1) is 10.0. The molecule has 4 nitrogen and oxygen atoms in total. The number of amides is 1. The lowest BCUT2D eigenvalue weighted by Gasteiger charge is -2.32. The van der Waals surface area contributed by atoms with E-state index < -0.39 is 11.4 Å². The summed E-state index contributed by atoms with van der Waals surface area (Å²) in [6.07, 6.45) is 10.1. The minimum Gasteiger partial charge on any atom is -0.481 e. The predicted molar refractivity (Wildman–Crippen MR) is 82.0 cm³/mol. The Labute approximate surface area is 127 Å². The van der Waals surface area contributed by atoms with Crippen LogP contribution in [0.1, 0.15) is 77.6 Å². The fourth-order valence-electron chi connectivity index (χ4n) is 3.97. The summed E-state index contributed by atoms with van der Waals surface area (Å²) in [6.45, 7) is 2.18. The molecule has 0 bridgehead atoms. The van der Waals surface area contributed by atoms with E-state index in [0.717, 1.165) is 38.5 Å². The maximum Gasteiger partial charge on any atom is 0.310 e. The molecule has 0 saturated heterocycles. The maximum atomic E-state index is 12.4. The molecule has 0 heterocycles. The molecule has 2 aliphatic carbocycles. The van der Waals surface area contributed by atoms with Crippen molar-refractivity contribution in [2.75, 3.05) is 0 Å². The highest BCUT2D eigenvalue weighted by atomic mass is 16.4. The van der Waals surface area contributed by atoms with Gasteiger partial charge in [-0.3, -0.25) is 9.59 Å². The first-order valence-electron chi connectivity index (χ1n) is 8.56. The van der Waals surface area contributed by atoms with E-state index in [1.165, 1.54) is 12.8 Å². The van der Waals surface area contributed by atoms with Crippen LogP contribution in [0, 0.1) is 11.3 Å². The summed E-state index contributed by atoms with van der Waals surface area (Å²) in [5, 5.41) is 12.8. The van der Waals surface area contributed by atoms with E-state index in [4.69, 9.17) is 0 Å². The van der Waals surface area contributed by atoms with Crippen molar-refractivity contribution in [3.05, 3.63) is 0 Å². The largest absolute Gasteiger partial charge is 0.481 e. The van der Waals surface area contributed by atoms with Gasteiger partial charge in [0.05, 0.1) is 5.41 Å². The molecule has 0 aromatic heterocycles. The molecule has 120 valence electrons. The number of aliphatic carboxylic acids is 1. The molecule has 2 fully saturated rings. The van der Waals surface area contributed by atoms with Gasteiger partial charge in [0, 0.05) is 12.5 Å². The van der Waals surface area contributed by atoms with Gasteiger partial charge in [0.25, 0.3) is 0 Å². The van der Waals surface area contributed by atoms with Gasteiger partial charge in [0.15, 0.2) is 0 Å². The van der Waals surface area contributed by atoms with Gasteiger partial charge in [0.1, 0.15) is 0 Å². The Bertz CT molecular complexity index is 372. The molecule has 2 N–H and O–H groups in total. The number of carbonyl (C=O) groups is 2. The van der Waals surface area contributed by atoms with Gasteiger partial charge in [-0.15, -0.1) is 0 Å². The highest BCUT2D eigenvalue weighted by Gasteiger charge is 2.41. The molecule has 0 aliphatic heterocycles. The minimum atomic E-state index is -0.821. The second kappa shape index (κ2) is 7.28. The van der Waals surface area contributed by atoms with Crippen molar-refractivity contribution >= 4 is 11.9 Å². The third-order valence-electron chi connectivity index (χ3n) is 5.47. The Morgan fingerprint density at radius 3 is 2.24 bits per heavy atom. The molecule has 4 heteroatoms. The van der Waals surface area contributed by atoms with Gasteiger partial charge in [-0.2, -0.15) is 0 Å². The van der Waals surface area contributed by atoms with Crippen LogP contribution in [0.25, 0.3) is 0 Å². The minimum absolute atomic E-state index is 0.0574. The second-order valence-electron chi connectivity index (χ2n) is 7.11. The van der Waals surface area contributed by atoms with Crippen LogP contribution >= 0.6 is 0 Å². The highest BCUT2D eigenvalue weighted by molar-refractivity contribution is 5.85. The number of carboxylic acids is 1. The smallest absolute Gasteiger partial charge is 0.310 e. The van der Waals surface area contributed by atoms with Crippen molar-refractivity contribution in [1.82, 2.24) is 5.32 Å². The van der Waals surface area contributed by atoms with Gasteiger partial charge < -0.3 is 10.4 Å². The number of carbonyl (C=O) groups excluding carboxylic acids is 1. The van der Waals surface area contributed by atoms with Crippen LogP contribution in [0.15, 0.2) is 0 Å². The number of carboxylic acid groups (broad SMARTS) is 1. The van der Waals surface area contributed by atoms with Crippen molar-refractivity contribution < 1.29 is 14.7 Å². The van der Waals surface area contributed by atoms with E-state index in [9.17, 15) is 14.7 Å². The van der Waals surface area contributed by atoms with Crippen LogP contribution in [0.3, 0.4) is 0 Å². The highest BCUT2D eigenvalue weighted by Crippen LogP contribution is 2.38. The van der Waals surface area contributed by atoms with E-state index in [-0.39, 0.29) is 18.4 Å². The number of hydrogen-bond acceptors (Lipinski definition) is 2. The lowest BCUT2D eigenvalue weighted by Crippen LogP contribution is -2.44. The Balaban J connectivity index is 1.96. The summed E-state index contributed by atoms with van der Waals surface area (Å²) in [5.74, 6) is -0.327. The van der Waals surface area contributed by atoms with Crippen LogP contribution in [0.2, 0.25) is 0 Å². The Kier molecular flexibility index (Phi) is 5.65. The summed E-state index contributed by atoms with van der Waals surface area (Å²) >= 11 is 0. The molecule has 0 aromatic carbocycles. The zero-order valence-electron chi connectivity index (χ0n) is 13.2. The molecular weight excluding hydrogens is 266 g/mol. The van der Waals surface area contributed by atoms with Crippen LogP contribution < -0.4 is 5.32 Å². The van der Waals surface area contributed by atoms with Gasteiger partial charge in [-0.05, 0) is 31.6 Å². The van der Waals surface area contributed by atoms with Crippen molar-refractivity contribution in [2.24, 2.45) is 11.3 Å². The summed E-state index contributed by atoms with van der Waals surface area (Å²) in [6, 6.07) is 0.239. The topological polar surface area (TPSA) is 66.4 Å². The van der Waals surface area contributed by atoms with Gasteiger partial charge >= 0.3 is 5.97 Å². The Morgan fingerprint density at radius 2 is 1.67 bits per heavy atom. The second-order valence-corrected chi connectivity index (χ2v) is 7.11. The van der Waals surface area contributed by atoms with Gasteiger partial charge in [-0.1, -0.05) is 45.4 Å². The number of hydrogen-bond donors (Lipinski definition) is 2. The maximum absolute atomic E-state index is 12.4. The molecule has 2 atom stereocenters. The molecule has 1 amide bonds. The van der Waals surface area contributed by atoms with Crippen LogP contribution in [0.5, 0.6) is 0 Å². The van der Waals surface area contributed by atoms with Crippen molar-refractivity contribution in [3.8, 4) is 0 Å². The number of rotatable bonds is 4. The Morgan fingerprint density at radius 1 is 1.05 bits per heavy atom. The molecule has 0 radical (unpaired) electrons. The average Bonchev–Trinajstić information content (AvgIpc) is 2.68. The van der Waals surface area contributed by atoms with E-state index in [0.29, 0.717) is 18.8 Å². The molecule has 2 saturated carbocycles. The molecular formula is C17H29NO3. The van der Waals surface area contributed by atoms with E-state index in [2.05, 4.69) is 12.2 Å². The fourth-order valence-corrected chi connectivity index (χ4v) is 3.97. The van der Waals surface area contributed by atoms with Crippen molar-refractivity contribution in [2.45, 2.75) is 83.6 Å². The molecule has 2 unspecified atom stereocenters. The molecule has 2 aliphatic rings. The summed E-state index contributed by atoms with van der Waals surface area (Å²) in [7, 11) is 0. The fraction of sp³-hybridized carbons (Fsp3) is 0.882. The standard InChI is InChI=1S/C17H29NO3/c1-13-8-4-5-9-14(13)18-15(19)12-17(16(20)21)10-6-2-3-7-11-17/h13-14H,2-12H2,1H3,(H,18,19)(H,20,21). The van der Waals surface area contributed by atoms with E-state index in [1.54, 1.807) is 0 Å². The number of nitrogens with one attached hydrogen (secondary N) is 1. The van der Waals surface area contributed by atoms with Gasteiger partial charge in [-0.25, -0.2) is 0 Å². The third-order valence-corrected chi connectivity index (χ3v) is 5.47. The molecule has 0 spiro atoms. The average molecular weight is 295 g/mol. The molecule has 21 heavy (non-hydrogen) atoms. The normalized spacial score (nSPS) is 29.4. The molecule has 0 aromatic rings. The zero-order valence-corrected chi connectivity index (χ0v) is 13.2. The summed E-state index contributed by atoms with van der Waals surface area (Å²) < 4.78 is 0. The van der Waals surface area contributed by atoms with Crippen molar-refractivity contribution in [1.29, 1.82) is 0 Å². The molecule has 2 rings (SSSR count). The zero-order chi connectivity index (χ0) is 15.3. The van der Waals surface area contributed by atoms with Gasteiger partial charge in [0.2, 0.25) is 5.91 Å². The summed E-state index contributed by atoms with van der Waals surface area (Å²) in [5.41, 5.74) is -0.821. The van der Waals surface area contributed by atoms with Crippen LogP contribution in [0.4, 0.5) is 0 Å². The van der Waals surface area contributed by atoms with E-state index in [1.807, 2.05) is 0 Å².